The van der Waals surface area contributed by atoms with Crippen LogP contribution in [-0.4, -0.2) is 22.0 Å². The number of urea groups is 1. The van der Waals surface area contributed by atoms with Crippen LogP contribution in [0.4, 0.5) is 4.79 Å². The average Bonchev–Trinajstić information content (AvgIpc) is 2.79. The summed E-state index contributed by atoms with van der Waals surface area (Å²) >= 11 is 0. The van der Waals surface area contributed by atoms with E-state index < -0.39 is 0 Å². The van der Waals surface area contributed by atoms with Gasteiger partial charge < -0.3 is 15.0 Å². The third kappa shape index (κ3) is 3.71. The number of fused-ring (bicyclic) bond motifs is 1. The summed E-state index contributed by atoms with van der Waals surface area (Å²) in [6.45, 7) is 5.39. The Labute approximate surface area is 113 Å². The smallest absolute Gasteiger partial charge is 0.315 e. The lowest BCUT2D eigenvalue weighted by Crippen LogP contribution is -2.36. The van der Waals surface area contributed by atoms with Gasteiger partial charge in [0.2, 0.25) is 0 Å². The predicted molar refractivity (Wildman–Crippen MR) is 74.9 cm³/mol. The van der Waals surface area contributed by atoms with Gasteiger partial charge in [-0.05, 0) is 24.5 Å². The lowest BCUT2D eigenvalue weighted by Gasteiger charge is -2.08. The number of nitrogens with one attached hydrogen (secondary N) is 2. The maximum Gasteiger partial charge on any atom is 0.315 e. The third-order valence-electron chi connectivity index (χ3n) is 2.93. The molecule has 0 aliphatic heterocycles. The van der Waals surface area contributed by atoms with Crippen LogP contribution in [0.3, 0.4) is 0 Å². The van der Waals surface area contributed by atoms with Gasteiger partial charge in [-0.25, -0.2) is 9.78 Å². The Morgan fingerprint density at radius 1 is 1.37 bits per heavy atom. The van der Waals surface area contributed by atoms with Crippen molar-refractivity contribution in [1.29, 1.82) is 0 Å². The summed E-state index contributed by atoms with van der Waals surface area (Å²) in [6, 6.07) is 5.75. The lowest BCUT2D eigenvalue weighted by atomic mass is 10.1. The van der Waals surface area contributed by atoms with E-state index in [0.29, 0.717) is 19.0 Å². The Bertz CT molecular complexity index is 547. The number of carbonyl (C=O) groups excluding carboxylic acids is 1. The van der Waals surface area contributed by atoms with Gasteiger partial charge >= 0.3 is 6.03 Å². The Hall–Kier alpha value is -2.04. The maximum atomic E-state index is 11.6. The van der Waals surface area contributed by atoms with Gasteiger partial charge in [-0.2, -0.15) is 0 Å². The predicted octanol–water partition coefficient (Wildman–Crippen LogP) is 2.18. The first-order valence-electron chi connectivity index (χ1n) is 6.59. The molecule has 0 aliphatic rings. The first kappa shape index (κ1) is 13.4. The van der Waals surface area contributed by atoms with E-state index in [0.717, 1.165) is 17.8 Å². The van der Waals surface area contributed by atoms with Crippen molar-refractivity contribution >= 4 is 11.5 Å². The number of carbonyl (C=O) groups is 1. The van der Waals surface area contributed by atoms with Crippen LogP contribution in [0.1, 0.15) is 26.1 Å². The van der Waals surface area contributed by atoms with Gasteiger partial charge in [0.1, 0.15) is 5.82 Å². The zero-order chi connectivity index (χ0) is 13.7. The minimum atomic E-state index is -0.145. The molecule has 0 atom stereocenters. The number of amides is 2. The number of rotatable bonds is 5. The molecular formula is C14H20N4O. The molecule has 2 heterocycles. The second-order valence-corrected chi connectivity index (χ2v) is 4.96. The highest BCUT2D eigenvalue weighted by Gasteiger charge is 2.05. The van der Waals surface area contributed by atoms with Crippen LogP contribution in [0, 0.1) is 5.92 Å². The van der Waals surface area contributed by atoms with Crippen molar-refractivity contribution in [2.75, 3.05) is 6.54 Å². The number of pyridine rings is 1. The Balaban J connectivity index is 1.83. The van der Waals surface area contributed by atoms with Crippen molar-refractivity contribution in [2.45, 2.75) is 26.8 Å². The summed E-state index contributed by atoms with van der Waals surface area (Å²) in [6.07, 6.45) is 4.73. The summed E-state index contributed by atoms with van der Waals surface area (Å²) in [5.41, 5.74) is 1.03. The Kier molecular flexibility index (Phi) is 4.39. The molecule has 0 saturated carbocycles. The third-order valence-corrected chi connectivity index (χ3v) is 2.93. The molecular weight excluding hydrogens is 240 g/mol. The van der Waals surface area contributed by atoms with Crippen molar-refractivity contribution < 1.29 is 4.79 Å². The average molecular weight is 260 g/mol. The fourth-order valence-electron chi connectivity index (χ4n) is 1.83. The van der Waals surface area contributed by atoms with Gasteiger partial charge in [-0.3, -0.25) is 0 Å². The quantitative estimate of drug-likeness (QED) is 0.865. The monoisotopic (exact) mass is 260 g/mol. The van der Waals surface area contributed by atoms with Gasteiger partial charge in [0.25, 0.3) is 0 Å². The SMILES string of the molecule is CC(C)CCNC(=O)NCc1ncc2ccccn12. The van der Waals surface area contributed by atoms with E-state index in [2.05, 4.69) is 29.5 Å². The molecule has 2 rings (SSSR count). The fraction of sp³-hybridized carbons (Fsp3) is 0.429. The van der Waals surface area contributed by atoms with Gasteiger partial charge in [0, 0.05) is 12.7 Å². The number of aromatic nitrogens is 2. The van der Waals surface area contributed by atoms with Crippen LogP contribution in [0.5, 0.6) is 0 Å². The molecule has 0 fully saturated rings. The molecule has 0 saturated heterocycles. The number of imidazole rings is 1. The molecule has 0 aliphatic carbocycles. The van der Waals surface area contributed by atoms with Gasteiger partial charge in [0.15, 0.2) is 0 Å². The van der Waals surface area contributed by atoms with E-state index >= 15 is 0 Å². The largest absolute Gasteiger partial charge is 0.338 e. The zero-order valence-electron chi connectivity index (χ0n) is 11.4. The van der Waals surface area contributed by atoms with Crippen LogP contribution < -0.4 is 10.6 Å². The molecule has 2 amide bonds. The first-order chi connectivity index (χ1) is 9.16. The Morgan fingerprint density at radius 3 is 3.00 bits per heavy atom. The van der Waals surface area contributed by atoms with E-state index in [1.54, 1.807) is 6.20 Å². The molecule has 19 heavy (non-hydrogen) atoms. The number of hydrogen-bond acceptors (Lipinski definition) is 2. The molecule has 0 aromatic carbocycles. The highest BCUT2D eigenvalue weighted by atomic mass is 16.2. The molecule has 0 bridgehead atoms. The molecule has 2 aromatic heterocycles. The summed E-state index contributed by atoms with van der Waals surface area (Å²) in [5, 5.41) is 5.65. The molecule has 2 aromatic rings. The van der Waals surface area contributed by atoms with Gasteiger partial charge in [-0.1, -0.05) is 19.9 Å². The molecule has 0 radical (unpaired) electrons. The van der Waals surface area contributed by atoms with Crippen LogP contribution in [0.2, 0.25) is 0 Å². The normalized spacial score (nSPS) is 10.9. The summed E-state index contributed by atoms with van der Waals surface area (Å²) in [7, 11) is 0. The first-order valence-corrected chi connectivity index (χ1v) is 6.59. The summed E-state index contributed by atoms with van der Waals surface area (Å²) in [4.78, 5) is 15.9. The topological polar surface area (TPSA) is 58.4 Å². The van der Waals surface area contributed by atoms with Gasteiger partial charge in [-0.15, -0.1) is 0 Å². The second kappa shape index (κ2) is 6.22. The van der Waals surface area contributed by atoms with Crippen LogP contribution in [0.15, 0.2) is 30.6 Å². The van der Waals surface area contributed by atoms with Crippen molar-refractivity contribution in [3.8, 4) is 0 Å². The molecule has 5 heteroatoms. The molecule has 5 nitrogen and oxygen atoms in total. The van der Waals surface area contributed by atoms with Crippen LogP contribution in [0.25, 0.3) is 5.52 Å². The molecule has 0 unspecified atom stereocenters. The molecule has 102 valence electrons. The van der Waals surface area contributed by atoms with Crippen molar-refractivity contribution in [3.63, 3.8) is 0 Å². The maximum absolute atomic E-state index is 11.6. The van der Waals surface area contributed by atoms with E-state index in [1.807, 2.05) is 28.8 Å². The van der Waals surface area contributed by atoms with Crippen LogP contribution in [-0.2, 0) is 6.54 Å². The van der Waals surface area contributed by atoms with E-state index in [9.17, 15) is 4.79 Å². The number of hydrogen-bond donors (Lipinski definition) is 2. The molecule has 0 spiro atoms. The second-order valence-electron chi connectivity index (χ2n) is 4.96. The summed E-state index contributed by atoms with van der Waals surface area (Å²) in [5.74, 6) is 1.42. The minimum absolute atomic E-state index is 0.145. The van der Waals surface area contributed by atoms with Crippen LogP contribution >= 0.6 is 0 Å². The highest BCUT2D eigenvalue weighted by Crippen LogP contribution is 2.05. The van der Waals surface area contributed by atoms with Crippen molar-refractivity contribution in [3.05, 3.63) is 36.4 Å². The number of nitrogens with zero attached hydrogens (tertiary/aromatic N) is 2. The minimum Gasteiger partial charge on any atom is -0.338 e. The van der Waals surface area contributed by atoms with E-state index in [-0.39, 0.29) is 6.03 Å². The van der Waals surface area contributed by atoms with Crippen molar-refractivity contribution in [1.82, 2.24) is 20.0 Å². The van der Waals surface area contributed by atoms with Crippen molar-refractivity contribution in [2.24, 2.45) is 5.92 Å². The molecule has 2 N–H and O–H groups in total. The Morgan fingerprint density at radius 2 is 2.21 bits per heavy atom. The zero-order valence-corrected chi connectivity index (χ0v) is 11.4. The van der Waals surface area contributed by atoms with Gasteiger partial charge in [0.05, 0.1) is 18.3 Å². The fourth-order valence-corrected chi connectivity index (χ4v) is 1.83. The van der Waals surface area contributed by atoms with E-state index in [1.165, 1.54) is 0 Å². The highest BCUT2D eigenvalue weighted by molar-refractivity contribution is 5.73. The summed E-state index contributed by atoms with van der Waals surface area (Å²) < 4.78 is 1.97. The van der Waals surface area contributed by atoms with E-state index in [4.69, 9.17) is 0 Å². The standard InChI is InChI=1S/C14H20N4O/c1-11(2)6-7-15-14(19)17-10-13-16-9-12-5-3-4-8-18(12)13/h3-5,8-9,11H,6-7,10H2,1-2H3,(H2,15,17,19). The lowest BCUT2D eigenvalue weighted by molar-refractivity contribution is 0.239.